The average Bonchev–Trinajstić information content (AvgIpc) is 1.72. The third-order valence-corrected chi connectivity index (χ3v) is 14.4. The highest BCUT2D eigenvalue weighted by atomic mass is 32.2. The predicted octanol–water partition coefficient (Wildman–Crippen LogP) is 27.3. The van der Waals surface area contributed by atoms with E-state index >= 15 is 0 Å². The van der Waals surface area contributed by atoms with Gasteiger partial charge in [0.15, 0.2) is 17.4 Å². The minimum Gasteiger partial charge on any atom is -0.449 e. The Hall–Kier alpha value is -9.82. The summed E-state index contributed by atoms with van der Waals surface area (Å²) in [6.07, 6.45) is 16.5. The molecule has 0 amide bonds. The molecule has 3 N–H and O–H groups in total. The SMILES string of the molecule is CC.CC.CC.CC.CC.CC.CC.CC.CC.CC.CC.CC.CC1=NCCN1.CC1=NCCS1.Cc1cccnn1.Cc1ccn[nH]1.Cc1ccon1.Cc1ccsn1.Cc1cnccn1.Cc1nc2ccccc2o1.Cc1nc2ccccc2s1.Cc1ncco1.Cc1nccs1.Cc1ncn[nH]1.Cc1nnc(C)o1.Cc1nnc(C)s1. The van der Waals surface area contributed by atoms with E-state index in [-0.39, 0.29) is 0 Å². The maximum absolute atomic E-state index is 5.26. The topological polar surface area (TPSA) is 340 Å². The molecule has 2 aliphatic rings. The first kappa shape index (κ1) is 131. The molecule has 120 heavy (non-hydrogen) atoms. The monoisotopic (exact) mass is 1760 g/mol. The lowest BCUT2D eigenvalue weighted by Gasteiger charge is -1.85. The van der Waals surface area contributed by atoms with Crippen molar-refractivity contribution in [3.8, 4) is 0 Å². The first-order valence-electron chi connectivity index (χ1n) is 41.5. The Balaban J connectivity index is -0.000000133. The zero-order chi connectivity index (χ0) is 94.0. The van der Waals surface area contributed by atoms with Crippen LogP contribution < -0.4 is 5.32 Å². The number of para-hydroxylation sites is 3. The Morgan fingerprint density at radius 2 is 1.00 bits per heavy atom. The third kappa shape index (κ3) is 89.0. The number of thioether (sulfide) groups is 1. The van der Waals surface area contributed by atoms with Gasteiger partial charge >= 0.3 is 0 Å². The molecular weight excluding hydrogens is 1600 g/mol. The van der Waals surface area contributed by atoms with Gasteiger partial charge in [0.2, 0.25) is 11.8 Å². The molecule has 2 aromatic carbocycles. The van der Waals surface area contributed by atoms with Crippen LogP contribution in [0.2, 0.25) is 0 Å². The lowest BCUT2D eigenvalue weighted by molar-refractivity contribution is 0.415. The highest BCUT2D eigenvalue weighted by Gasteiger charge is 1.99. The smallest absolute Gasteiger partial charge is 0.213 e. The van der Waals surface area contributed by atoms with Crippen LogP contribution in [0.5, 0.6) is 0 Å². The molecule has 26 nitrogen and oxygen atoms in total. The number of rotatable bonds is 0. The van der Waals surface area contributed by atoms with Gasteiger partial charge < -0.3 is 23.1 Å². The molecule has 16 rings (SSSR count). The molecule has 12 aromatic heterocycles. The molecule has 2 aliphatic heterocycles. The summed E-state index contributed by atoms with van der Waals surface area (Å²) < 4.78 is 24.5. The predicted molar refractivity (Wildman–Crippen MR) is 523 cm³/mol. The first-order valence-corrected chi connectivity index (χ1v) is 45.8. The van der Waals surface area contributed by atoms with E-state index in [1.165, 1.54) is 33.4 Å². The summed E-state index contributed by atoms with van der Waals surface area (Å²) in [6.45, 7) is 81.7. The number of fused-ring (bicyclic) bond motifs is 2. The van der Waals surface area contributed by atoms with Crippen molar-refractivity contribution in [2.75, 3.05) is 25.4 Å². The van der Waals surface area contributed by atoms with Gasteiger partial charge in [-0.15, -0.1) is 66.2 Å². The van der Waals surface area contributed by atoms with Crippen molar-refractivity contribution in [3.63, 3.8) is 0 Å². The number of aliphatic imine (C=N–C) groups is 2. The van der Waals surface area contributed by atoms with E-state index in [4.69, 9.17) is 13.3 Å². The van der Waals surface area contributed by atoms with Crippen molar-refractivity contribution in [2.24, 2.45) is 9.98 Å². The second kappa shape index (κ2) is 105. The van der Waals surface area contributed by atoms with Gasteiger partial charge in [-0.1, -0.05) is 196 Å². The number of hydrogen-bond acceptors (Lipinski definition) is 29. The molecule has 0 radical (unpaired) electrons. The van der Waals surface area contributed by atoms with Crippen LogP contribution in [0.4, 0.5) is 0 Å². The van der Waals surface area contributed by atoms with Crippen LogP contribution in [0.25, 0.3) is 21.3 Å². The Morgan fingerprint density at radius 1 is 0.400 bits per heavy atom. The van der Waals surface area contributed by atoms with Crippen LogP contribution in [0.15, 0.2) is 180 Å². The van der Waals surface area contributed by atoms with Gasteiger partial charge in [-0.3, -0.25) is 35.1 Å². The van der Waals surface area contributed by atoms with Gasteiger partial charge in [-0.05, 0) is 143 Å². The lowest BCUT2D eigenvalue weighted by Crippen LogP contribution is -2.13. The normalized spacial score (nSPS) is 9.17. The molecule has 0 spiro atoms. The molecule has 0 saturated heterocycles. The number of amidine groups is 1. The lowest BCUT2D eigenvalue weighted by atomic mass is 10.3. The van der Waals surface area contributed by atoms with Crippen molar-refractivity contribution in [3.05, 3.63) is 230 Å². The zero-order valence-electron chi connectivity index (χ0n) is 80.9. The summed E-state index contributed by atoms with van der Waals surface area (Å²) in [5.74, 6) is 5.82. The number of oxazole rings is 2. The Labute approximate surface area is 745 Å². The maximum Gasteiger partial charge on any atom is 0.213 e. The summed E-state index contributed by atoms with van der Waals surface area (Å²) in [5.41, 5.74) is 7.97. The average molecular weight is 1760 g/mol. The highest BCUT2D eigenvalue weighted by Crippen LogP contribution is 2.20. The van der Waals surface area contributed by atoms with Crippen molar-refractivity contribution in [1.82, 2.24) is 101 Å². The number of benzene rings is 2. The van der Waals surface area contributed by atoms with E-state index in [0.717, 1.165) is 108 Å². The minimum absolute atomic E-state index is 0.623. The van der Waals surface area contributed by atoms with Crippen LogP contribution in [-0.4, -0.2) is 132 Å². The standard InChI is InChI=1S/C8H7NO.C8H7NS.2C5H6N2.C4H6N2O.C4H6N2S.C4H8N2.C4H6N2.2C4H5NO.C4H7NS.2C4H5NS.C3H5N3.12C2H6/c2*1-6-9-7-4-2-3-5-8(7)10-6;1-5-4-6-2-3-7-5;1-5-3-2-4-6-7-5;2*1-3-5-6-4(2)7-3;1-4-5-2-3-6-4;1-4-2-3-5-6-4;1-4-5-2-3-6-4;1-4-2-3-6-5-4;2*1-4-5-2-3-6-4;1-4-2-3-6-5-4;1-3-4-2-5-6-3;12*1-2/h2*2-5H,1H3;2*2-4H,1H3;2*1-2H3;2-3H2,1H3,(H,5,6);2-3H,1H3,(H,5,6);2*2-3H,1H3;2-3H2,1H3;2*2-3H,1H3;2H,1H3,(H,4,5,6);12*1-2H3. The zero-order valence-corrected chi connectivity index (χ0v) is 85.0. The van der Waals surface area contributed by atoms with Crippen molar-refractivity contribution >= 4 is 89.5 Å². The molecule has 0 bridgehead atoms. The maximum atomic E-state index is 5.26. The number of nitrogens with zero attached hydrogens (tertiary/aromatic N) is 19. The van der Waals surface area contributed by atoms with E-state index in [9.17, 15) is 0 Å². The van der Waals surface area contributed by atoms with Crippen LogP contribution >= 0.6 is 57.3 Å². The molecule has 0 saturated carbocycles. The van der Waals surface area contributed by atoms with E-state index in [1.54, 1.807) is 117 Å². The second-order valence-corrected chi connectivity index (χ2v) is 24.8. The number of aromatic nitrogens is 19. The molecule has 0 unspecified atom stereocenters. The molecule has 0 fully saturated rings. The fourth-order valence-electron chi connectivity index (χ4n) is 6.20. The number of thiazole rings is 2. The Morgan fingerprint density at radius 3 is 1.24 bits per heavy atom. The highest BCUT2D eigenvalue weighted by molar-refractivity contribution is 8.14. The molecule has 14 heterocycles. The molecule has 0 aliphatic carbocycles. The number of aromatic amines is 2. The van der Waals surface area contributed by atoms with Crippen LogP contribution in [-0.2, 0) is 0 Å². The Bertz CT molecular complexity index is 3600. The van der Waals surface area contributed by atoms with Crippen molar-refractivity contribution < 1.29 is 17.8 Å². The minimum atomic E-state index is 0.623. The summed E-state index contributed by atoms with van der Waals surface area (Å²) >= 11 is 8.36. The fraction of sp³-hybridized carbons (Fsp3) is 0.494. The fourth-order valence-corrected chi connectivity index (χ4v) is 9.27. The summed E-state index contributed by atoms with van der Waals surface area (Å²) in [5, 5.41) is 50.9. The molecule has 31 heteroatoms. The number of nitrogens with one attached hydrogen (secondary N) is 3. The summed E-state index contributed by atoms with van der Waals surface area (Å²) in [7, 11) is 0. The molecule has 676 valence electrons. The van der Waals surface area contributed by atoms with Crippen molar-refractivity contribution in [1.29, 1.82) is 0 Å². The van der Waals surface area contributed by atoms with E-state index in [0.29, 0.717) is 11.8 Å². The third-order valence-electron chi connectivity index (χ3n) is 10.5. The molecule has 14 aromatic rings. The van der Waals surface area contributed by atoms with E-state index < -0.39 is 0 Å². The van der Waals surface area contributed by atoms with Crippen LogP contribution in [0.1, 0.15) is 258 Å². The van der Waals surface area contributed by atoms with E-state index in [1.807, 2.05) is 339 Å². The van der Waals surface area contributed by atoms with Gasteiger partial charge in [0.1, 0.15) is 40.2 Å². The van der Waals surface area contributed by atoms with Crippen LogP contribution in [0.3, 0.4) is 0 Å². The molecular formula is C89H156N22O4S5. The summed E-state index contributed by atoms with van der Waals surface area (Å²) in [4.78, 5) is 35.8. The number of aryl methyl sites for hydroxylation is 14. The summed E-state index contributed by atoms with van der Waals surface area (Å²) in [6, 6.07) is 25.4. The largest absolute Gasteiger partial charge is 0.449 e. The van der Waals surface area contributed by atoms with Gasteiger partial charge in [-0.2, -0.15) is 24.8 Å². The number of H-pyrrole nitrogens is 2. The van der Waals surface area contributed by atoms with E-state index in [2.05, 4.69) is 128 Å². The van der Waals surface area contributed by atoms with Gasteiger partial charge in [0.25, 0.3) is 0 Å². The van der Waals surface area contributed by atoms with Gasteiger partial charge in [0.05, 0.1) is 66.6 Å². The molecule has 0 atom stereocenters. The van der Waals surface area contributed by atoms with Gasteiger partial charge in [-0.25, -0.2) is 19.9 Å². The van der Waals surface area contributed by atoms with Crippen molar-refractivity contribution in [2.45, 2.75) is 277 Å². The first-order chi connectivity index (χ1) is 58.2. The Kier molecular flexibility index (Phi) is 115. The number of hydrogen-bond donors (Lipinski definition) is 3. The quantitative estimate of drug-likeness (QED) is 0.127. The second-order valence-electron chi connectivity index (χ2n) is 19.1. The van der Waals surface area contributed by atoms with Gasteiger partial charge in [0, 0.05) is 106 Å². The van der Waals surface area contributed by atoms with Crippen LogP contribution in [0, 0.1) is 96.9 Å².